The van der Waals surface area contributed by atoms with E-state index in [1.165, 1.54) is 11.8 Å². The molecule has 1 aliphatic rings. The average Bonchev–Trinajstić information content (AvgIpc) is 3.25. The molecule has 3 heterocycles. The Labute approximate surface area is 215 Å². The number of carbonyl (C=O) groups is 1. The Morgan fingerprint density at radius 1 is 1.19 bits per heavy atom. The van der Waals surface area contributed by atoms with Crippen molar-refractivity contribution in [2.45, 2.75) is 6.92 Å². The molecule has 2 N–H and O–H groups in total. The minimum absolute atomic E-state index is 0.294. The Bertz CT molecular complexity index is 1470. The number of methoxy groups -OCH3 is 1. The SMILES string of the molecule is C=CC(=O)Nc1ccc(OC)c(Nc2ncc(C)c(-c3cn(C)c4cc(N5CCOCC5)ccc34)n2)c1. The van der Waals surface area contributed by atoms with Gasteiger partial charge in [-0.15, -0.1) is 0 Å². The van der Waals surface area contributed by atoms with E-state index >= 15 is 0 Å². The number of aromatic nitrogens is 3. The molecule has 4 aromatic rings. The molecule has 0 aliphatic carbocycles. The molecule has 1 fully saturated rings. The summed E-state index contributed by atoms with van der Waals surface area (Å²) in [6.07, 6.45) is 5.14. The van der Waals surface area contributed by atoms with E-state index in [0.717, 1.165) is 54.0 Å². The maximum Gasteiger partial charge on any atom is 0.247 e. The van der Waals surface area contributed by atoms with Gasteiger partial charge in [0.25, 0.3) is 0 Å². The van der Waals surface area contributed by atoms with Crippen LogP contribution < -0.4 is 20.3 Å². The van der Waals surface area contributed by atoms with Gasteiger partial charge in [0.15, 0.2) is 0 Å². The van der Waals surface area contributed by atoms with Crippen LogP contribution in [0.2, 0.25) is 0 Å². The van der Waals surface area contributed by atoms with Crippen LogP contribution in [-0.4, -0.2) is 53.9 Å². The van der Waals surface area contributed by atoms with Crippen LogP contribution in [0.1, 0.15) is 5.56 Å². The molecule has 0 spiro atoms. The van der Waals surface area contributed by atoms with Crippen molar-refractivity contribution in [3.63, 3.8) is 0 Å². The lowest BCUT2D eigenvalue weighted by atomic mass is 10.1. The minimum atomic E-state index is -0.294. The number of ether oxygens (including phenoxy) is 2. The topological polar surface area (TPSA) is 93.5 Å². The van der Waals surface area contributed by atoms with Crippen molar-refractivity contribution in [1.82, 2.24) is 14.5 Å². The molecule has 1 saturated heterocycles. The average molecular weight is 499 g/mol. The molecule has 1 amide bonds. The highest BCUT2D eigenvalue weighted by molar-refractivity contribution is 5.99. The summed E-state index contributed by atoms with van der Waals surface area (Å²) < 4.78 is 13.1. The van der Waals surface area contributed by atoms with Gasteiger partial charge >= 0.3 is 0 Å². The van der Waals surface area contributed by atoms with Gasteiger partial charge in [-0.3, -0.25) is 4.79 Å². The second kappa shape index (κ2) is 10.3. The summed E-state index contributed by atoms with van der Waals surface area (Å²) in [4.78, 5) is 23.5. The first kappa shape index (κ1) is 24.3. The summed E-state index contributed by atoms with van der Waals surface area (Å²) in [7, 11) is 3.64. The second-order valence-corrected chi connectivity index (χ2v) is 8.91. The Balaban J connectivity index is 1.49. The summed E-state index contributed by atoms with van der Waals surface area (Å²) in [6, 6.07) is 11.9. The number of nitrogens with one attached hydrogen (secondary N) is 2. The number of aryl methyl sites for hydroxylation is 2. The lowest BCUT2D eigenvalue weighted by Crippen LogP contribution is -2.36. The number of morpholine rings is 1. The molecule has 9 heteroatoms. The highest BCUT2D eigenvalue weighted by Gasteiger charge is 2.17. The highest BCUT2D eigenvalue weighted by Crippen LogP contribution is 2.35. The predicted octanol–water partition coefficient (Wildman–Crippen LogP) is 4.66. The van der Waals surface area contributed by atoms with E-state index in [2.05, 4.69) is 63.1 Å². The third-order valence-electron chi connectivity index (χ3n) is 6.48. The third kappa shape index (κ3) is 4.99. The van der Waals surface area contributed by atoms with E-state index in [0.29, 0.717) is 23.1 Å². The number of rotatable bonds is 7. The number of amides is 1. The fourth-order valence-corrected chi connectivity index (χ4v) is 4.55. The van der Waals surface area contributed by atoms with Gasteiger partial charge in [-0.25, -0.2) is 9.97 Å². The lowest BCUT2D eigenvalue weighted by molar-refractivity contribution is -0.111. The van der Waals surface area contributed by atoms with E-state index < -0.39 is 0 Å². The highest BCUT2D eigenvalue weighted by atomic mass is 16.5. The molecule has 0 bridgehead atoms. The van der Waals surface area contributed by atoms with Crippen LogP contribution in [0.4, 0.5) is 23.0 Å². The van der Waals surface area contributed by atoms with Gasteiger partial charge in [-0.1, -0.05) is 12.6 Å². The van der Waals surface area contributed by atoms with Crippen molar-refractivity contribution < 1.29 is 14.3 Å². The fraction of sp³-hybridized carbons (Fsp3) is 0.250. The van der Waals surface area contributed by atoms with E-state index in [1.54, 1.807) is 31.5 Å². The number of hydrogen-bond donors (Lipinski definition) is 2. The van der Waals surface area contributed by atoms with Gasteiger partial charge in [-0.05, 0) is 48.9 Å². The summed E-state index contributed by atoms with van der Waals surface area (Å²) in [5.41, 5.74) is 6.41. The number of fused-ring (bicyclic) bond motifs is 1. The molecule has 0 atom stereocenters. The standard InChI is InChI=1S/C28H30N6O3/c1-5-26(35)30-19-6-9-25(36-4)23(14-19)31-28-29-16-18(2)27(32-28)22-17-33(3)24-15-20(7-8-21(22)24)34-10-12-37-13-11-34/h5-9,14-17H,1,10-13H2,2-4H3,(H,30,35)(H,29,31,32). The summed E-state index contributed by atoms with van der Waals surface area (Å²) in [6.45, 7) is 8.79. The molecule has 37 heavy (non-hydrogen) atoms. The van der Waals surface area contributed by atoms with E-state index in [4.69, 9.17) is 14.5 Å². The third-order valence-corrected chi connectivity index (χ3v) is 6.48. The van der Waals surface area contributed by atoms with Crippen LogP contribution in [0.5, 0.6) is 5.75 Å². The monoisotopic (exact) mass is 498 g/mol. The quantitative estimate of drug-likeness (QED) is 0.358. The zero-order chi connectivity index (χ0) is 25.9. The zero-order valence-corrected chi connectivity index (χ0v) is 21.2. The maximum atomic E-state index is 11.7. The van der Waals surface area contributed by atoms with Gasteiger partial charge < -0.3 is 29.6 Å². The predicted molar refractivity (Wildman–Crippen MR) is 147 cm³/mol. The molecule has 190 valence electrons. The Morgan fingerprint density at radius 2 is 2.00 bits per heavy atom. The van der Waals surface area contributed by atoms with Gasteiger partial charge in [0, 0.05) is 54.9 Å². The van der Waals surface area contributed by atoms with Crippen molar-refractivity contribution >= 4 is 39.8 Å². The maximum absolute atomic E-state index is 11.7. The number of benzene rings is 2. The molecule has 2 aromatic heterocycles. The van der Waals surface area contributed by atoms with Crippen molar-refractivity contribution in [3.05, 3.63) is 67.0 Å². The van der Waals surface area contributed by atoms with Crippen LogP contribution in [0.25, 0.3) is 22.2 Å². The molecular formula is C28H30N6O3. The minimum Gasteiger partial charge on any atom is -0.495 e. The molecule has 9 nitrogen and oxygen atoms in total. The number of nitrogens with zero attached hydrogens (tertiary/aromatic N) is 4. The first-order chi connectivity index (χ1) is 18.0. The van der Waals surface area contributed by atoms with E-state index in [1.807, 2.05) is 6.92 Å². The zero-order valence-electron chi connectivity index (χ0n) is 21.2. The van der Waals surface area contributed by atoms with Crippen molar-refractivity contribution in [3.8, 4) is 17.0 Å². The smallest absolute Gasteiger partial charge is 0.247 e. The van der Waals surface area contributed by atoms with Gasteiger partial charge in [0.1, 0.15) is 5.75 Å². The summed E-state index contributed by atoms with van der Waals surface area (Å²) in [5, 5.41) is 7.13. The van der Waals surface area contributed by atoms with Crippen LogP contribution in [0.3, 0.4) is 0 Å². The van der Waals surface area contributed by atoms with Crippen LogP contribution in [-0.2, 0) is 16.6 Å². The molecule has 5 rings (SSSR count). The normalized spacial score (nSPS) is 13.4. The molecule has 0 saturated carbocycles. The molecule has 2 aromatic carbocycles. The number of anilines is 4. The fourth-order valence-electron chi connectivity index (χ4n) is 4.55. The van der Waals surface area contributed by atoms with Gasteiger partial charge in [0.05, 0.1) is 37.2 Å². The van der Waals surface area contributed by atoms with Crippen molar-refractivity contribution in [2.75, 3.05) is 48.9 Å². The largest absolute Gasteiger partial charge is 0.495 e. The second-order valence-electron chi connectivity index (χ2n) is 8.91. The Hall–Kier alpha value is -4.37. The number of carbonyl (C=O) groups excluding carboxylic acids is 1. The molecule has 0 radical (unpaired) electrons. The Morgan fingerprint density at radius 3 is 2.76 bits per heavy atom. The van der Waals surface area contributed by atoms with E-state index in [9.17, 15) is 4.79 Å². The first-order valence-electron chi connectivity index (χ1n) is 12.1. The van der Waals surface area contributed by atoms with E-state index in [-0.39, 0.29) is 5.91 Å². The van der Waals surface area contributed by atoms with Gasteiger partial charge in [-0.2, -0.15) is 0 Å². The Kier molecular flexibility index (Phi) is 6.78. The van der Waals surface area contributed by atoms with Crippen molar-refractivity contribution in [1.29, 1.82) is 0 Å². The first-order valence-corrected chi connectivity index (χ1v) is 12.1. The van der Waals surface area contributed by atoms with Crippen LogP contribution >= 0.6 is 0 Å². The van der Waals surface area contributed by atoms with Gasteiger partial charge in [0.2, 0.25) is 11.9 Å². The van der Waals surface area contributed by atoms with Crippen LogP contribution in [0, 0.1) is 6.92 Å². The molecule has 1 aliphatic heterocycles. The number of hydrogen-bond acceptors (Lipinski definition) is 7. The van der Waals surface area contributed by atoms with Crippen LogP contribution in [0.15, 0.2) is 61.4 Å². The summed E-state index contributed by atoms with van der Waals surface area (Å²) in [5.74, 6) is 0.730. The lowest BCUT2D eigenvalue weighted by Gasteiger charge is -2.29. The van der Waals surface area contributed by atoms with Crippen molar-refractivity contribution in [2.24, 2.45) is 7.05 Å². The molecular weight excluding hydrogens is 468 g/mol. The molecule has 0 unspecified atom stereocenters. The summed E-state index contributed by atoms with van der Waals surface area (Å²) >= 11 is 0.